The molecule has 1 amide bonds. The van der Waals surface area contributed by atoms with E-state index in [1.54, 1.807) is 42.5 Å². The maximum atomic E-state index is 13.5. The van der Waals surface area contributed by atoms with E-state index in [0.717, 1.165) is 5.56 Å². The van der Waals surface area contributed by atoms with E-state index < -0.39 is 11.8 Å². The summed E-state index contributed by atoms with van der Waals surface area (Å²) >= 11 is 0. The van der Waals surface area contributed by atoms with Gasteiger partial charge in [-0.2, -0.15) is 5.26 Å². The molecule has 0 atom stereocenters. The summed E-state index contributed by atoms with van der Waals surface area (Å²) in [4.78, 5) is 17.4. The van der Waals surface area contributed by atoms with Gasteiger partial charge in [-0.1, -0.05) is 30.3 Å². The number of rotatable bonds is 10. The van der Waals surface area contributed by atoms with Crippen molar-refractivity contribution in [1.29, 1.82) is 5.26 Å². The number of nitriles is 1. The number of hydrogen-bond acceptors (Lipinski definition) is 6. The number of nitrogens with zero attached hydrogens (tertiary/aromatic N) is 2. The zero-order valence-corrected chi connectivity index (χ0v) is 18.0. The number of nitrogens with one attached hydrogen (secondary N) is 2. The van der Waals surface area contributed by atoms with Crippen LogP contribution in [0.4, 0.5) is 10.2 Å². The topological polar surface area (TPSA) is 118 Å². The quantitative estimate of drug-likeness (QED) is 0.379. The van der Waals surface area contributed by atoms with E-state index >= 15 is 0 Å². The van der Waals surface area contributed by atoms with Gasteiger partial charge < -0.3 is 20.8 Å². The number of pyridine rings is 1. The fourth-order valence-corrected chi connectivity index (χ4v) is 3.27. The van der Waals surface area contributed by atoms with Gasteiger partial charge >= 0.3 is 0 Å². The first-order valence-electron chi connectivity index (χ1n) is 10.5. The summed E-state index contributed by atoms with van der Waals surface area (Å²) in [5.74, 6) is -0.877. The third kappa shape index (κ3) is 6.35. The predicted molar refractivity (Wildman–Crippen MR) is 123 cm³/mol. The van der Waals surface area contributed by atoms with Gasteiger partial charge in [-0.15, -0.1) is 0 Å². The second-order valence-electron chi connectivity index (χ2n) is 7.50. The highest BCUT2D eigenvalue weighted by atomic mass is 19.1. The molecule has 7 nitrogen and oxygen atoms in total. The smallest absolute Gasteiger partial charge is 0.255 e. The number of hydrogen-bond donors (Lipinski definition) is 4. The molecule has 0 radical (unpaired) electrons. The average molecular weight is 448 g/mol. The second kappa shape index (κ2) is 11.7. The van der Waals surface area contributed by atoms with Crippen LogP contribution in [0.2, 0.25) is 0 Å². The minimum absolute atomic E-state index is 0.105. The van der Waals surface area contributed by atoms with Crippen molar-refractivity contribution in [2.24, 2.45) is 5.92 Å². The number of carbonyl (C=O) groups is 1. The van der Waals surface area contributed by atoms with E-state index in [1.807, 2.05) is 6.07 Å². The highest BCUT2D eigenvalue weighted by Gasteiger charge is 2.17. The highest BCUT2D eigenvalue weighted by Crippen LogP contribution is 2.25. The van der Waals surface area contributed by atoms with Gasteiger partial charge in [0.2, 0.25) is 0 Å². The van der Waals surface area contributed by atoms with E-state index in [-0.39, 0.29) is 31.1 Å². The lowest BCUT2D eigenvalue weighted by Gasteiger charge is -2.16. The third-order valence-electron chi connectivity index (χ3n) is 5.13. The summed E-state index contributed by atoms with van der Waals surface area (Å²) in [7, 11) is 0. The zero-order chi connectivity index (χ0) is 23.6. The minimum Gasteiger partial charge on any atom is -0.396 e. The highest BCUT2D eigenvalue weighted by molar-refractivity contribution is 5.99. The molecule has 1 heterocycles. The zero-order valence-electron chi connectivity index (χ0n) is 18.0. The van der Waals surface area contributed by atoms with E-state index in [9.17, 15) is 24.7 Å². The lowest BCUT2D eigenvalue weighted by Crippen LogP contribution is -2.33. The maximum Gasteiger partial charge on any atom is 0.255 e. The molecule has 0 saturated carbocycles. The first kappa shape index (κ1) is 23.9. The Labute approximate surface area is 191 Å². The van der Waals surface area contributed by atoms with Gasteiger partial charge in [0.05, 0.1) is 22.9 Å². The van der Waals surface area contributed by atoms with Crippen LogP contribution in [-0.2, 0) is 6.42 Å². The summed E-state index contributed by atoms with van der Waals surface area (Å²) in [6.07, 6.45) is 0.511. The summed E-state index contributed by atoms with van der Waals surface area (Å²) < 4.78 is 13.5. The van der Waals surface area contributed by atoms with Crippen LogP contribution >= 0.6 is 0 Å². The van der Waals surface area contributed by atoms with Crippen LogP contribution in [0, 0.1) is 23.1 Å². The number of aliphatic hydroxyl groups excluding tert-OH is 2. The molecule has 1 aromatic heterocycles. The SMILES string of the molecule is N#Cc1ccccc1-c1ccc(C(=O)NCC(CO)CO)c(NCCc2cccc(F)c2)n1. The van der Waals surface area contributed by atoms with Gasteiger partial charge in [0.1, 0.15) is 11.6 Å². The van der Waals surface area contributed by atoms with Crippen molar-refractivity contribution in [1.82, 2.24) is 10.3 Å². The van der Waals surface area contributed by atoms with Crippen molar-refractivity contribution in [3.8, 4) is 17.3 Å². The predicted octanol–water partition coefficient (Wildman–Crippen LogP) is 2.74. The Morgan fingerprint density at radius 1 is 1.09 bits per heavy atom. The fraction of sp³-hybridized carbons (Fsp3) is 0.240. The summed E-state index contributed by atoms with van der Waals surface area (Å²) in [5.41, 5.74) is 2.71. The first-order chi connectivity index (χ1) is 16.0. The van der Waals surface area contributed by atoms with Crippen molar-refractivity contribution >= 4 is 11.7 Å². The number of amides is 1. The van der Waals surface area contributed by atoms with Gasteiger partial charge in [-0.05, 0) is 42.3 Å². The molecule has 3 aromatic rings. The van der Waals surface area contributed by atoms with Crippen LogP contribution in [0.15, 0.2) is 60.7 Å². The van der Waals surface area contributed by atoms with Crippen LogP contribution in [0.5, 0.6) is 0 Å². The van der Waals surface area contributed by atoms with Gasteiger partial charge in [0, 0.05) is 37.8 Å². The number of halogens is 1. The van der Waals surface area contributed by atoms with Crippen molar-refractivity contribution in [2.45, 2.75) is 6.42 Å². The van der Waals surface area contributed by atoms with E-state index in [1.165, 1.54) is 12.1 Å². The van der Waals surface area contributed by atoms with Gasteiger partial charge in [0.15, 0.2) is 0 Å². The number of aromatic nitrogens is 1. The normalized spacial score (nSPS) is 10.6. The maximum absolute atomic E-state index is 13.5. The lowest BCUT2D eigenvalue weighted by atomic mass is 10.0. The van der Waals surface area contributed by atoms with Crippen molar-refractivity contribution in [3.05, 3.63) is 83.2 Å². The van der Waals surface area contributed by atoms with Crippen LogP contribution < -0.4 is 10.6 Å². The monoisotopic (exact) mass is 448 g/mol. The molecule has 8 heteroatoms. The van der Waals surface area contributed by atoms with Gasteiger partial charge in [0.25, 0.3) is 5.91 Å². The molecular formula is C25H25FN4O3. The third-order valence-corrected chi connectivity index (χ3v) is 5.13. The van der Waals surface area contributed by atoms with E-state index in [0.29, 0.717) is 35.6 Å². The molecule has 0 aliphatic rings. The van der Waals surface area contributed by atoms with Crippen molar-refractivity contribution in [2.75, 3.05) is 31.6 Å². The standard InChI is InChI=1S/C25H25FN4O3/c26-20-6-3-4-17(12-20)10-11-28-24-22(25(33)29-14-18(15-31)16-32)8-9-23(30-24)21-7-2-1-5-19(21)13-27/h1-9,12,18,31-32H,10-11,14-16H2,(H,28,30)(H,29,33). The molecule has 0 unspecified atom stereocenters. The summed E-state index contributed by atoms with van der Waals surface area (Å²) in [6.45, 7) is -0.00111. The Bertz CT molecular complexity index is 1140. The van der Waals surface area contributed by atoms with Gasteiger partial charge in [-0.3, -0.25) is 4.79 Å². The number of carbonyl (C=O) groups excluding carboxylic acids is 1. The number of aliphatic hydroxyl groups is 2. The van der Waals surface area contributed by atoms with Crippen LogP contribution in [-0.4, -0.2) is 47.4 Å². The molecule has 2 aromatic carbocycles. The van der Waals surface area contributed by atoms with Crippen molar-refractivity contribution < 1.29 is 19.4 Å². The van der Waals surface area contributed by atoms with Crippen LogP contribution in [0.25, 0.3) is 11.3 Å². The Morgan fingerprint density at radius 3 is 2.61 bits per heavy atom. The Balaban J connectivity index is 1.86. The number of benzene rings is 2. The van der Waals surface area contributed by atoms with Crippen LogP contribution in [0.1, 0.15) is 21.5 Å². The Morgan fingerprint density at radius 2 is 1.88 bits per heavy atom. The van der Waals surface area contributed by atoms with Gasteiger partial charge in [-0.25, -0.2) is 9.37 Å². The summed E-state index contributed by atoms with van der Waals surface area (Å²) in [6, 6.07) is 18.8. The molecule has 0 aliphatic heterocycles. The lowest BCUT2D eigenvalue weighted by molar-refractivity contribution is 0.0922. The largest absolute Gasteiger partial charge is 0.396 e. The molecule has 33 heavy (non-hydrogen) atoms. The van der Waals surface area contributed by atoms with Crippen molar-refractivity contribution in [3.63, 3.8) is 0 Å². The summed E-state index contributed by atoms with van der Waals surface area (Å²) in [5, 5.41) is 33.7. The average Bonchev–Trinajstić information content (AvgIpc) is 2.84. The molecule has 4 N–H and O–H groups in total. The van der Waals surface area contributed by atoms with E-state index in [4.69, 9.17) is 0 Å². The molecular weight excluding hydrogens is 423 g/mol. The molecule has 0 fully saturated rings. The van der Waals surface area contributed by atoms with E-state index in [2.05, 4.69) is 21.7 Å². The Kier molecular flexibility index (Phi) is 8.47. The minimum atomic E-state index is -0.465. The Hall–Kier alpha value is -3.80. The second-order valence-corrected chi connectivity index (χ2v) is 7.50. The molecule has 0 aliphatic carbocycles. The number of anilines is 1. The molecule has 170 valence electrons. The molecule has 0 spiro atoms. The molecule has 3 rings (SSSR count). The first-order valence-corrected chi connectivity index (χ1v) is 10.5. The molecule has 0 saturated heterocycles. The van der Waals surface area contributed by atoms with Crippen LogP contribution in [0.3, 0.4) is 0 Å². The molecule has 0 bridgehead atoms. The fourth-order valence-electron chi connectivity index (χ4n) is 3.27.